The van der Waals surface area contributed by atoms with Crippen LogP contribution in [0.15, 0.2) is 0 Å². The Morgan fingerprint density at radius 3 is 2.11 bits per heavy atom. The molecule has 1 rings (SSSR count). The van der Waals surface area contributed by atoms with Gasteiger partial charge in [-0.2, -0.15) is 0 Å². The molecule has 0 bridgehead atoms. The predicted octanol–water partition coefficient (Wildman–Crippen LogP) is 3.08. The summed E-state index contributed by atoms with van der Waals surface area (Å²) in [7, 11) is 0. The van der Waals surface area contributed by atoms with Crippen molar-refractivity contribution >= 4 is 0 Å². The molecule has 1 aliphatic rings. The maximum absolute atomic E-state index is 2.40. The molecule has 0 aliphatic heterocycles. The van der Waals surface area contributed by atoms with E-state index in [0.717, 1.165) is 11.8 Å². The van der Waals surface area contributed by atoms with Gasteiger partial charge in [-0.1, -0.05) is 34.1 Å². The van der Waals surface area contributed by atoms with Crippen molar-refractivity contribution in [3.8, 4) is 0 Å². The molecule has 0 heteroatoms. The topological polar surface area (TPSA) is 0 Å². The minimum atomic E-state index is 0.648. The van der Waals surface area contributed by atoms with Crippen molar-refractivity contribution < 1.29 is 0 Å². The summed E-state index contributed by atoms with van der Waals surface area (Å²) in [6.45, 7) is 9.47. The van der Waals surface area contributed by atoms with Gasteiger partial charge in [0.05, 0.1) is 0 Å². The fraction of sp³-hybridized carbons (Fsp3) is 1.00. The van der Waals surface area contributed by atoms with Gasteiger partial charge in [0.2, 0.25) is 0 Å². The molecule has 54 valence electrons. The summed E-state index contributed by atoms with van der Waals surface area (Å²) in [5.41, 5.74) is 0.648. The molecule has 1 aliphatic carbocycles. The van der Waals surface area contributed by atoms with E-state index < -0.39 is 0 Å². The quantitative estimate of drug-likeness (QED) is 0.506. The molecule has 0 nitrogen and oxygen atoms in total. The van der Waals surface area contributed by atoms with Gasteiger partial charge in [0.25, 0.3) is 0 Å². The lowest BCUT2D eigenvalue weighted by Gasteiger charge is -2.50. The lowest BCUT2D eigenvalue weighted by atomic mass is 9.55. The van der Waals surface area contributed by atoms with E-state index in [1.54, 1.807) is 0 Å². The maximum atomic E-state index is 2.40. The molecule has 2 unspecified atom stereocenters. The van der Waals surface area contributed by atoms with Gasteiger partial charge in [-0.15, -0.1) is 0 Å². The van der Waals surface area contributed by atoms with Gasteiger partial charge in [0.15, 0.2) is 0 Å². The van der Waals surface area contributed by atoms with Crippen LogP contribution in [0.1, 0.15) is 40.5 Å². The Bertz CT molecular complexity index is 103. The predicted molar refractivity (Wildman–Crippen MR) is 41.3 cm³/mol. The molecule has 0 radical (unpaired) electrons. The van der Waals surface area contributed by atoms with E-state index >= 15 is 0 Å². The van der Waals surface area contributed by atoms with Crippen LogP contribution in [0.2, 0.25) is 0 Å². The van der Waals surface area contributed by atoms with Crippen molar-refractivity contribution in [2.75, 3.05) is 0 Å². The second-order valence-electron chi connectivity index (χ2n) is 4.06. The Morgan fingerprint density at radius 1 is 1.44 bits per heavy atom. The smallest absolute Gasteiger partial charge is 0.0300 e. The maximum Gasteiger partial charge on any atom is -0.0300 e. The highest BCUT2D eigenvalue weighted by Gasteiger charge is 2.43. The summed E-state index contributed by atoms with van der Waals surface area (Å²) < 4.78 is 0. The summed E-state index contributed by atoms with van der Waals surface area (Å²) in [6.07, 6.45) is 2.83. The summed E-state index contributed by atoms with van der Waals surface area (Å²) in [4.78, 5) is 0. The summed E-state index contributed by atoms with van der Waals surface area (Å²) in [6, 6.07) is 0. The van der Waals surface area contributed by atoms with Crippen molar-refractivity contribution in [2.24, 2.45) is 17.3 Å². The number of hydrogen-bond donors (Lipinski definition) is 0. The van der Waals surface area contributed by atoms with Gasteiger partial charge in [0, 0.05) is 0 Å². The van der Waals surface area contributed by atoms with Gasteiger partial charge < -0.3 is 0 Å². The zero-order valence-electron chi connectivity index (χ0n) is 7.07. The average Bonchev–Trinajstić information content (AvgIpc) is 1.82. The van der Waals surface area contributed by atoms with Crippen LogP contribution in [0.25, 0.3) is 0 Å². The largest absolute Gasteiger partial charge is 0.0651 e. The summed E-state index contributed by atoms with van der Waals surface area (Å²) in [5, 5.41) is 0. The molecular formula is C9H18. The zero-order chi connectivity index (χ0) is 7.07. The first kappa shape index (κ1) is 7.11. The number of rotatable bonds is 1. The van der Waals surface area contributed by atoms with E-state index in [9.17, 15) is 0 Å². The van der Waals surface area contributed by atoms with Crippen LogP contribution >= 0.6 is 0 Å². The fourth-order valence-corrected chi connectivity index (χ4v) is 1.97. The van der Waals surface area contributed by atoms with Crippen LogP contribution in [0.3, 0.4) is 0 Å². The third-order valence-corrected chi connectivity index (χ3v) is 3.45. The summed E-state index contributed by atoms with van der Waals surface area (Å²) in [5.74, 6) is 1.97. The Balaban J connectivity index is 2.48. The molecule has 0 saturated heterocycles. The van der Waals surface area contributed by atoms with Gasteiger partial charge in [-0.25, -0.2) is 0 Å². The van der Waals surface area contributed by atoms with Gasteiger partial charge in [-0.3, -0.25) is 0 Å². The first-order valence-electron chi connectivity index (χ1n) is 4.09. The highest BCUT2D eigenvalue weighted by atomic mass is 14.5. The standard InChI is InChI=1S/C9H18/c1-5-8-6-7(2)9(8,3)4/h7-8H,5-6H2,1-4H3. The SMILES string of the molecule is CCC1CC(C)C1(C)C. The average molecular weight is 126 g/mol. The van der Waals surface area contributed by atoms with Crippen molar-refractivity contribution in [3.05, 3.63) is 0 Å². The lowest BCUT2D eigenvalue weighted by molar-refractivity contribution is -0.00978. The van der Waals surface area contributed by atoms with E-state index in [4.69, 9.17) is 0 Å². The van der Waals surface area contributed by atoms with E-state index in [1.807, 2.05) is 0 Å². The van der Waals surface area contributed by atoms with Crippen LogP contribution in [0.4, 0.5) is 0 Å². The first-order valence-corrected chi connectivity index (χ1v) is 4.09. The second kappa shape index (κ2) is 2.00. The fourth-order valence-electron chi connectivity index (χ4n) is 1.97. The molecule has 2 atom stereocenters. The normalized spacial score (nSPS) is 40.0. The van der Waals surface area contributed by atoms with E-state index in [-0.39, 0.29) is 0 Å². The minimum absolute atomic E-state index is 0.648. The first-order chi connectivity index (χ1) is 4.09. The number of hydrogen-bond acceptors (Lipinski definition) is 0. The van der Waals surface area contributed by atoms with Crippen molar-refractivity contribution in [1.29, 1.82) is 0 Å². The van der Waals surface area contributed by atoms with Crippen LogP contribution < -0.4 is 0 Å². The molecule has 9 heavy (non-hydrogen) atoms. The molecule has 0 heterocycles. The van der Waals surface area contributed by atoms with Crippen LogP contribution in [0.5, 0.6) is 0 Å². The van der Waals surface area contributed by atoms with Crippen LogP contribution in [0, 0.1) is 17.3 Å². The molecule has 0 aromatic rings. The summed E-state index contributed by atoms with van der Waals surface area (Å²) >= 11 is 0. The third-order valence-electron chi connectivity index (χ3n) is 3.45. The molecule has 1 fully saturated rings. The Kier molecular flexibility index (Phi) is 1.58. The molecular weight excluding hydrogens is 108 g/mol. The third kappa shape index (κ3) is 0.889. The molecule has 0 aromatic heterocycles. The lowest BCUT2D eigenvalue weighted by Crippen LogP contribution is -2.42. The van der Waals surface area contributed by atoms with E-state index in [1.165, 1.54) is 12.8 Å². The monoisotopic (exact) mass is 126 g/mol. The Labute approximate surface area is 58.7 Å². The Hall–Kier alpha value is 0. The van der Waals surface area contributed by atoms with Crippen molar-refractivity contribution in [1.82, 2.24) is 0 Å². The Morgan fingerprint density at radius 2 is 2.00 bits per heavy atom. The van der Waals surface area contributed by atoms with Gasteiger partial charge in [0.1, 0.15) is 0 Å². The van der Waals surface area contributed by atoms with E-state index in [2.05, 4.69) is 27.7 Å². The minimum Gasteiger partial charge on any atom is -0.0651 e. The highest BCUT2D eigenvalue weighted by molar-refractivity contribution is 4.93. The second-order valence-corrected chi connectivity index (χ2v) is 4.06. The van der Waals surface area contributed by atoms with Crippen molar-refractivity contribution in [3.63, 3.8) is 0 Å². The molecule has 1 saturated carbocycles. The van der Waals surface area contributed by atoms with Crippen LogP contribution in [-0.2, 0) is 0 Å². The van der Waals surface area contributed by atoms with E-state index in [0.29, 0.717) is 5.41 Å². The molecule has 0 spiro atoms. The molecule has 0 amide bonds. The van der Waals surface area contributed by atoms with Gasteiger partial charge >= 0.3 is 0 Å². The van der Waals surface area contributed by atoms with Crippen LogP contribution in [-0.4, -0.2) is 0 Å². The molecule has 0 aromatic carbocycles. The molecule has 0 N–H and O–H groups in total. The highest BCUT2D eigenvalue weighted by Crippen LogP contribution is 2.52. The zero-order valence-corrected chi connectivity index (χ0v) is 7.07. The van der Waals surface area contributed by atoms with Gasteiger partial charge in [-0.05, 0) is 23.7 Å². The van der Waals surface area contributed by atoms with Crippen molar-refractivity contribution in [2.45, 2.75) is 40.5 Å².